The maximum absolute atomic E-state index is 13.2. The van der Waals surface area contributed by atoms with Gasteiger partial charge in [-0.3, -0.25) is 4.79 Å². The van der Waals surface area contributed by atoms with Gasteiger partial charge in [0.2, 0.25) is 5.91 Å². The normalized spacial score (nSPS) is 16.4. The molecule has 1 saturated heterocycles. The van der Waals surface area contributed by atoms with Crippen molar-refractivity contribution >= 4 is 11.7 Å². The lowest BCUT2D eigenvalue weighted by atomic mass is 9.96. The molecule has 0 radical (unpaired) electrons. The largest absolute Gasteiger partial charge is 0.497 e. The van der Waals surface area contributed by atoms with E-state index in [4.69, 9.17) is 14.2 Å². The standard InChI is InChI=1S/C26H30N4O4/c1-18(22-16-21(32-2)11-12-23(22)33-3)29-25(31)19-8-7-15-30(17-19)24-26(28-14-13-27-24)34-20-9-5-4-6-10-20/h4-6,9-14,16,18-19H,7-8,15,17H2,1-3H3,(H,29,31)/t18-,19+/m0/s1. The average Bonchev–Trinajstić information content (AvgIpc) is 2.89. The summed E-state index contributed by atoms with van der Waals surface area (Å²) in [5.41, 5.74) is 0.871. The fourth-order valence-electron chi connectivity index (χ4n) is 4.18. The Morgan fingerprint density at radius 2 is 1.85 bits per heavy atom. The molecule has 1 aliphatic heterocycles. The number of piperidine rings is 1. The summed E-state index contributed by atoms with van der Waals surface area (Å²) < 4.78 is 16.8. The van der Waals surface area contributed by atoms with Gasteiger partial charge in [-0.2, -0.15) is 0 Å². The molecule has 0 bridgehead atoms. The number of benzene rings is 2. The van der Waals surface area contributed by atoms with Crippen LogP contribution in [0.3, 0.4) is 0 Å². The van der Waals surface area contributed by atoms with E-state index in [0.29, 0.717) is 35.5 Å². The van der Waals surface area contributed by atoms with Gasteiger partial charge in [0, 0.05) is 31.0 Å². The molecular formula is C26H30N4O4. The van der Waals surface area contributed by atoms with E-state index < -0.39 is 0 Å². The number of ether oxygens (including phenoxy) is 3. The first-order valence-electron chi connectivity index (χ1n) is 11.4. The molecule has 1 aromatic heterocycles. The van der Waals surface area contributed by atoms with E-state index in [1.54, 1.807) is 26.6 Å². The van der Waals surface area contributed by atoms with Gasteiger partial charge in [-0.05, 0) is 50.1 Å². The van der Waals surface area contributed by atoms with Crippen molar-refractivity contribution in [3.8, 4) is 23.1 Å². The topological polar surface area (TPSA) is 85.8 Å². The molecule has 8 heteroatoms. The van der Waals surface area contributed by atoms with Crippen molar-refractivity contribution in [3.63, 3.8) is 0 Å². The predicted octanol–water partition coefficient (Wildman–Crippen LogP) is 4.38. The summed E-state index contributed by atoms with van der Waals surface area (Å²) in [5.74, 6) is 3.01. The van der Waals surface area contributed by atoms with Crippen LogP contribution in [0.5, 0.6) is 23.1 Å². The fourth-order valence-corrected chi connectivity index (χ4v) is 4.18. The van der Waals surface area contributed by atoms with Crippen molar-refractivity contribution in [1.29, 1.82) is 0 Å². The lowest BCUT2D eigenvalue weighted by Crippen LogP contribution is -2.44. The molecule has 2 aromatic carbocycles. The Balaban J connectivity index is 1.46. The van der Waals surface area contributed by atoms with Crippen LogP contribution in [0.15, 0.2) is 60.9 Å². The van der Waals surface area contributed by atoms with E-state index >= 15 is 0 Å². The van der Waals surface area contributed by atoms with Crippen LogP contribution in [0.25, 0.3) is 0 Å². The molecule has 8 nitrogen and oxygen atoms in total. The van der Waals surface area contributed by atoms with Crippen LogP contribution in [0.2, 0.25) is 0 Å². The van der Waals surface area contributed by atoms with Gasteiger partial charge in [-0.15, -0.1) is 0 Å². The molecule has 3 aromatic rings. The number of aromatic nitrogens is 2. The molecular weight excluding hydrogens is 432 g/mol. The third-order valence-corrected chi connectivity index (χ3v) is 5.96. The number of rotatable bonds is 8. The molecule has 0 unspecified atom stereocenters. The Kier molecular flexibility index (Phi) is 7.47. The smallest absolute Gasteiger partial charge is 0.263 e. The predicted molar refractivity (Wildman–Crippen MR) is 130 cm³/mol. The Hall–Kier alpha value is -3.81. The molecule has 4 rings (SSSR count). The number of nitrogens with one attached hydrogen (secondary N) is 1. The molecule has 2 heterocycles. The summed E-state index contributed by atoms with van der Waals surface area (Å²) in [7, 11) is 3.24. The van der Waals surface area contributed by atoms with Crippen LogP contribution >= 0.6 is 0 Å². The quantitative estimate of drug-likeness (QED) is 0.532. The maximum atomic E-state index is 13.2. The van der Waals surface area contributed by atoms with Gasteiger partial charge in [0.1, 0.15) is 17.2 Å². The van der Waals surface area contributed by atoms with E-state index in [1.165, 1.54) is 0 Å². The van der Waals surface area contributed by atoms with E-state index in [0.717, 1.165) is 24.9 Å². The zero-order valence-corrected chi connectivity index (χ0v) is 19.7. The highest BCUT2D eigenvalue weighted by atomic mass is 16.5. The van der Waals surface area contributed by atoms with E-state index in [2.05, 4.69) is 20.2 Å². The first-order valence-corrected chi connectivity index (χ1v) is 11.4. The van der Waals surface area contributed by atoms with Gasteiger partial charge in [-0.1, -0.05) is 18.2 Å². The number of anilines is 1. The number of nitrogens with zero attached hydrogens (tertiary/aromatic N) is 3. The van der Waals surface area contributed by atoms with Crippen LogP contribution in [0.1, 0.15) is 31.4 Å². The van der Waals surface area contributed by atoms with Crippen LogP contribution in [-0.4, -0.2) is 43.2 Å². The van der Waals surface area contributed by atoms with Crippen molar-refractivity contribution in [1.82, 2.24) is 15.3 Å². The van der Waals surface area contributed by atoms with Gasteiger partial charge >= 0.3 is 0 Å². The van der Waals surface area contributed by atoms with E-state index in [9.17, 15) is 4.79 Å². The minimum absolute atomic E-state index is 0.00325. The molecule has 34 heavy (non-hydrogen) atoms. The molecule has 2 atom stereocenters. The number of hydrogen-bond acceptors (Lipinski definition) is 7. The van der Waals surface area contributed by atoms with Crippen LogP contribution in [-0.2, 0) is 4.79 Å². The summed E-state index contributed by atoms with van der Waals surface area (Å²) in [5, 5.41) is 3.15. The Bertz CT molecular complexity index is 1110. The maximum Gasteiger partial charge on any atom is 0.263 e. The molecule has 0 saturated carbocycles. The van der Waals surface area contributed by atoms with Crippen molar-refractivity contribution in [2.24, 2.45) is 5.92 Å². The zero-order chi connectivity index (χ0) is 23.9. The first-order chi connectivity index (χ1) is 16.6. The van der Waals surface area contributed by atoms with Gasteiger partial charge < -0.3 is 24.4 Å². The van der Waals surface area contributed by atoms with Gasteiger partial charge in [0.05, 0.1) is 26.2 Å². The van der Waals surface area contributed by atoms with Crippen LogP contribution in [0.4, 0.5) is 5.82 Å². The molecule has 1 amide bonds. The number of hydrogen-bond donors (Lipinski definition) is 1. The highest BCUT2D eigenvalue weighted by molar-refractivity contribution is 5.80. The lowest BCUT2D eigenvalue weighted by Gasteiger charge is -2.33. The van der Waals surface area contributed by atoms with Crippen molar-refractivity contribution in [2.75, 3.05) is 32.2 Å². The summed E-state index contributed by atoms with van der Waals surface area (Å²) in [6, 6.07) is 14.8. The number of carbonyl (C=O) groups is 1. The second kappa shape index (κ2) is 10.9. The van der Waals surface area contributed by atoms with E-state index in [1.807, 2.05) is 55.5 Å². The van der Waals surface area contributed by atoms with Crippen molar-refractivity contribution in [2.45, 2.75) is 25.8 Å². The third-order valence-electron chi connectivity index (χ3n) is 5.96. The number of methoxy groups -OCH3 is 2. The Labute approximate surface area is 199 Å². The van der Waals surface area contributed by atoms with Crippen LogP contribution in [0, 0.1) is 5.92 Å². The number of amides is 1. The molecule has 0 aliphatic carbocycles. The average molecular weight is 463 g/mol. The monoisotopic (exact) mass is 462 g/mol. The molecule has 1 fully saturated rings. The molecule has 0 spiro atoms. The highest BCUT2D eigenvalue weighted by Crippen LogP contribution is 2.32. The van der Waals surface area contributed by atoms with Crippen molar-refractivity contribution in [3.05, 3.63) is 66.5 Å². The molecule has 1 N–H and O–H groups in total. The Morgan fingerprint density at radius 3 is 2.62 bits per heavy atom. The minimum atomic E-state index is -0.235. The van der Waals surface area contributed by atoms with Crippen molar-refractivity contribution < 1.29 is 19.0 Å². The highest BCUT2D eigenvalue weighted by Gasteiger charge is 2.29. The second-order valence-electron chi connectivity index (χ2n) is 8.22. The fraction of sp³-hybridized carbons (Fsp3) is 0.346. The van der Waals surface area contributed by atoms with Crippen LogP contribution < -0.4 is 24.4 Å². The lowest BCUT2D eigenvalue weighted by molar-refractivity contribution is -0.125. The first kappa shape index (κ1) is 23.4. The zero-order valence-electron chi connectivity index (χ0n) is 19.7. The number of carbonyl (C=O) groups excluding carboxylic acids is 1. The summed E-state index contributed by atoms with van der Waals surface area (Å²) in [6.07, 6.45) is 4.93. The summed E-state index contributed by atoms with van der Waals surface area (Å²) >= 11 is 0. The van der Waals surface area contributed by atoms with Gasteiger partial charge in [0.15, 0.2) is 5.82 Å². The summed E-state index contributed by atoms with van der Waals surface area (Å²) in [4.78, 5) is 24.2. The van der Waals surface area contributed by atoms with E-state index in [-0.39, 0.29) is 17.9 Å². The second-order valence-corrected chi connectivity index (χ2v) is 8.22. The third kappa shape index (κ3) is 5.39. The number of para-hydroxylation sites is 1. The molecule has 1 aliphatic rings. The van der Waals surface area contributed by atoms with Gasteiger partial charge in [0.25, 0.3) is 5.88 Å². The van der Waals surface area contributed by atoms with Gasteiger partial charge in [-0.25, -0.2) is 9.97 Å². The molecule has 178 valence electrons. The SMILES string of the molecule is COc1ccc(OC)c([C@H](C)NC(=O)[C@@H]2CCCN(c3nccnc3Oc3ccccc3)C2)c1. The Morgan fingerprint density at radius 1 is 1.06 bits per heavy atom. The summed E-state index contributed by atoms with van der Waals surface area (Å²) in [6.45, 7) is 3.27. The minimum Gasteiger partial charge on any atom is -0.497 e.